The molecule has 1 aliphatic carbocycles. The molecule has 2 N–H and O–H groups in total. The van der Waals surface area contributed by atoms with Gasteiger partial charge in [0, 0.05) is 19.0 Å². The van der Waals surface area contributed by atoms with Crippen LogP contribution < -0.4 is 4.72 Å². The number of oxazole rings is 1. The summed E-state index contributed by atoms with van der Waals surface area (Å²) in [6, 6.07) is 6.51. The highest BCUT2D eigenvalue weighted by Gasteiger charge is 2.26. The minimum absolute atomic E-state index is 0.00199. The highest BCUT2D eigenvalue weighted by Crippen LogP contribution is 2.25. The summed E-state index contributed by atoms with van der Waals surface area (Å²) in [5, 5.41) is 9.77. The fourth-order valence-corrected chi connectivity index (χ4v) is 3.95. The van der Waals surface area contributed by atoms with Crippen LogP contribution in [0.3, 0.4) is 0 Å². The number of benzene rings is 1. The average molecular weight is 336 g/mol. The highest BCUT2D eigenvalue weighted by atomic mass is 32.2. The van der Waals surface area contributed by atoms with Crippen LogP contribution in [0.2, 0.25) is 0 Å². The van der Waals surface area contributed by atoms with Gasteiger partial charge in [-0.25, -0.2) is 18.1 Å². The van der Waals surface area contributed by atoms with Crippen LogP contribution >= 0.6 is 0 Å². The highest BCUT2D eigenvalue weighted by molar-refractivity contribution is 7.89. The third-order valence-corrected chi connectivity index (χ3v) is 5.67. The molecule has 1 aromatic heterocycles. The zero-order valence-electron chi connectivity index (χ0n) is 12.9. The number of aliphatic hydroxyl groups is 1. The van der Waals surface area contributed by atoms with E-state index in [4.69, 9.17) is 4.42 Å². The largest absolute Gasteiger partial charge is 0.449 e. The minimum atomic E-state index is -3.57. The Hall–Kier alpha value is -1.70. The van der Waals surface area contributed by atoms with Crippen molar-refractivity contribution in [3.8, 4) is 11.3 Å². The second kappa shape index (κ2) is 6.43. The lowest BCUT2D eigenvalue weighted by Gasteiger charge is -2.15. The number of aliphatic hydroxyl groups excluding tert-OH is 1. The van der Waals surface area contributed by atoms with Crippen LogP contribution in [0.25, 0.3) is 11.3 Å². The Morgan fingerprint density at radius 2 is 2.04 bits per heavy atom. The van der Waals surface area contributed by atoms with E-state index in [1.165, 1.54) is 0 Å². The first-order chi connectivity index (χ1) is 11.0. The Kier molecular flexibility index (Phi) is 4.52. The van der Waals surface area contributed by atoms with Crippen LogP contribution in [0.1, 0.15) is 25.2 Å². The maximum absolute atomic E-state index is 12.3. The molecule has 1 aromatic carbocycles. The molecule has 2 unspecified atom stereocenters. The summed E-state index contributed by atoms with van der Waals surface area (Å²) in [7, 11) is -3.57. The lowest BCUT2D eigenvalue weighted by molar-refractivity contribution is 0.134. The summed E-state index contributed by atoms with van der Waals surface area (Å²) >= 11 is 0. The number of aromatic nitrogens is 1. The summed E-state index contributed by atoms with van der Waals surface area (Å²) < 4.78 is 32.4. The van der Waals surface area contributed by atoms with Gasteiger partial charge >= 0.3 is 0 Å². The van der Waals surface area contributed by atoms with E-state index in [1.54, 1.807) is 37.5 Å². The molecule has 2 aromatic rings. The second-order valence-corrected chi connectivity index (χ2v) is 7.65. The molecular weight excluding hydrogens is 316 g/mol. The Bertz CT molecular complexity index is 768. The first-order valence-electron chi connectivity index (χ1n) is 7.66. The molecule has 1 fully saturated rings. The van der Waals surface area contributed by atoms with Gasteiger partial charge in [0.05, 0.1) is 11.0 Å². The van der Waals surface area contributed by atoms with E-state index in [1.807, 2.05) is 0 Å². The SMILES string of the molecule is Cc1nc(-c2ccc(S(=O)(=O)NCC3CCCC3O)cc2)co1. The first kappa shape index (κ1) is 16.2. The van der Waals surface area contributed by atoms with Crippen molar-refractivity contribution in [1.29, 1.82) is 0 Å². The van der Waals surface area contributed by atoms with Gasteiger partial charge in [-0.15, -0.1) is 0 Å². The van der Waals surface area contributed by atoms with E-state index < -0.39 is 16.1 Å². The minimum Gasteiger partial charge on any atom is -0.449 e. The molecule has 0 bridgehead atoms. The van der Waals surface area contributed by atoms with Gasteiger partial charge in [0.1, 0.15) is 12.0 Å². The molecule has 0 amide bonds. The van der Waals surface area contributed by atoms with Gasteiger partial charge < -0.3 is 9.52 Å². The summed E-state index contributed by atoms with van der Waals surface area (Å²) in [5.74, 6) is 0.565. The van der Waals surface area contributed by atoms with Gasteiger partial charge in [0.2, 0.25) is 10.0 Å². The zero-order chi connectivity index (χ0) is 16.4. The lowest BCUT2D eigenvalue weighted by Crippen LogP contribution is -2.32. The molecule has 1 heterocycles. The summed E-state index contributed by atoms with van der Waals surface area (Å²) in [4.78, 5) is 4.41. The maximum atomic E-state index is 12.3. The van der Waals surface area contributed by atoms with E-state index >= 15 is 0 Å². The average Bonchev–Trinajstić information content (AvgIpc) is 3.14. The number of nitrogens with one attached hydrogen (secondary N) is 1. The zero-order valence-corrected chi connectivity index (χ0v) is 13.7. The Morgan fingerprint density at radius 3 is 2.61 bits per heavy atom. The molecule has 7 heteroatoms. The van der Waals surface area contributed by atoms with Crippen LogP contribution in [0.15, 0.2) is 39.8 Å². The molecule has 0 saturated heterocycles. The number of sulfonamides is 1. The number of rotatable bonds is 5. The Labute approximate surface area is 135 Å². The van der Waals surface area contributed by atoms with Crippen LogP contribution in [-0.2, 0) is 10.0 Å². The standard InChI is InChI=1S/C16H20N2O4S/c1-11-18-15(10-22-11)12-5-7-14(8-6-12)23(20,21)17-9-13-3-2-4-16(13)19/h5-8,10,13,16-17,19H,2-4,9H2,1H3. The van der Waals surface area contributed by atoms with E-state index in [0.29, 0.717) is 11.6 Å². The third-order valence-electron chi connectivity index (χ3n) is 4.23. The van der Waals surface area contributed by atoms with E-state index in [9.17, 15) is 13.5 Å². The summed E-state index contributed by atoms with van der Waals surface area (Å²) in [5.41, 5.74) is 1.47. The van der Waals surface area contributed by atoms with Gasteiger partial charge in [-0.1, -0.05) is 18.6 Å². The third kappa shape index (κ3) is 3.63. The summed E-state index contributed by atoms with van der Waals surface area (Å²) in [6.45, 7) is 2.03. The van der Waals surface area contributed by atoms with Crippen molar-refractivity contribution >= 4 is 10.0 Å². The molecule has 0 aliphatic heterocycles. The van der Waals surface area contributed by atoms with Crippen molar-refractivity contribution < 1.29 is 17.9 Å². The van der Waals surface area contributed by atoms with Gasteiger partial charge in [-0.3, -0.25) is 0 Å². The number of hydrogen-bond acceptors (Lipinski definition) is 5. The van der Waals surface area contributed by atoms with Crippen molar-refractivity contribution in [3.63, 3.8) is 0 Å². The van der Waals surface area contributed by atoms with Gasteiger partial charge in [0.15, 0.2) is 5.89 Å². The van der Waals surface area contributed by atoms with Gasteiger partial charge in [-0.05, 0) is 30.9 Å². The molecule has 6 nitrogen and oxygen atoms in total. The van der Waals surface area contributed by atoms with Gasteiger partial charge in [-0.2, -0.15) is 0 Å². The second-order valence-electron chi connectivity index (χ2n) is 5.89. The molecule has 124 valence electrons. The van der Waals surface area contributed by atoms with Crippen molar-refractivity contribution in [2.75, 3.05) is 6.54 Å². The fourth-order valence-electron chi connectivity index (χ4n) is 2.86. The number of aryl methyl sites for hydroxylation is 1. The van der Waals surface area contributed by atoms with Crippen molar-refractivity contribution in [3.05, 3.63) is 36.4 Å². The van der Waals surface area contributed by atoms with Crippen LogP contribution in [-0.4, -0.2) is 31.2 Å². The summed E-state index contributed by atoms with van der Waals surface area (Å²) in [6.07, 6.45) is 3.68. The predicted octanol–water partition coefficient (Wildman–Crippen LogP) is 2.09. The molecule has 23 heavy (non-hydrogen) atoms. The fraction of sp³-hybridized carbons (Fsp3) is 0.438. The molecule has 0 spiro atoms. The van der Waals surface area contributed by atoms with Crippen molar-refractivity contribution in [1.82, 2.24) is 9.71 Å². The van der Waals surface area contributed by atoms with Crippen molar-refractivity contribution in [2.24, 2.45) is 5.92 Å². The molecular formula is C16H20N2O4S. The van der Waals surface area contributed by atoms with Crippen LogP contribution in [0.5, 0.6) is 0 Å². The topological polar surface area (TPSA) is 92.4 Å². The van der Waals surface area contributed by atoms with E-state index in [-0.39, 0.29) is 17.4 Å². The quantitative estimate of drug-likeness (QED) is 0.872. The Balaban J connectivity index is 1.70. The number of hydrogen-bond donors (Lipinski definition) is 2. The molecule has 0 radical (unpaired) electrons. The number of nitrogens with zero attached hydrogens (tertiary/aromatic N) is 1. The van der Waals surface area contributed by atoms with Crippen molar-refractivity contribution in [2.45, 2.75) is 37.2 Å². The van der Waals surface area contributed by atoms with E-state index in [2.05, 4.69) is 9.71 Å². The lowest BCUT2D eigenvalue weighted by atomic mass is 10.1. The molecule has 3 rings (SSSR count). The van der Waals surface area contributed by atoms with E-state index in [0.717, 1.165) is 24.8 Å². The maximum Gasteiger partial charge on any atom is 0.240 e. The van der Waals surface area contributed by atoms with Crippen LogP contribution in [0.4, 0.5) is 0 Å². The normalized spacial score (nSPS) is 21.7. The van der Waals surface area contributed by atoms with Crippen LogP contribution in [0, 0.1) is 12.8 Å². The predicted molar refractivity (Wildman–Crippen MR) is 85.2 cm³/mol. The smallest absolute Gasteiger partial charge is 0.240 e. The molecule has 1 aliphatic rings. The molecule has 1 saturated carbocycles. The first-order valence-corrected chi connectivity index (χ1v) is 9.14. The Morgan fingerprint density at radius 1 is 1.30 bits per heavy atom. The van der Waals surface area contributed by atoms with Gasteiger partial charge in [0.25, 0.3) is 0 Å². The molecule has 2 atom stereocenters. The monoisotopic (exact) mass is 336 g/mol.